The fraction of sp³-hybridized carbons (Fsp3) is 0.500. The van der Waals surface area contributed by atoms with Gasteiger partial charge in [-0.05, 0) is 31.0 Å². The molecule has 0 unspecified atom stereocenters. The second-order valence-corrected chi connectivity index (χ2v) is 4.93. The highest BCUT2D eigenvalue weighted by atomic mass is 14.9. The largest absolute Gasteiger partial charge is 0.347 e. The summed E-state index contributed by atoms with van der Waals surface area (Å²) in [5.41, 5.74) is 2.77. The van der Waals surface area contributed by atoms with Crippen LogP contribution in [0.25, 0.3) is 10.9 Å². The van der Waals surface area contributed by atoms with Gasteiger partial charge in [0.2, 0.25) is 0 Å². The molecule has 0 saturated heterocycles. The number of aromatic nitrogens is 1. The molecule has 0 atom stereocenters. The number of aryl methyl sites for hydroxylation is 2. The molecule has 17 heavy (non-hydrogen) atoms. The van der Waals surface area contributed by atoms with Gasteiger partial charge in [0, 0.05) is 23.6 Å². The third kappa shape index (κ3) is 2.91. The van der Waals surface area contributed by atoms with Crippen LogP contribution in [0.1, 0.15) is 44.6 Å². The summed E-state index contributed by atoms with van der Waals surface area (Å²) >= 11 is 0. The molecular weight excluding hydrogens is 206 g/mol. The maximum atomic E-state index is 2.40. The van der Waals surface area contributed by atoms with Crippen molar-refractivity contribution in [3.05, 3.63) is 36.0 Å². The van der Waals surface area contributed by atoms with Gasteiger partial charge in [0.25, 0.3) is 0 Å². The van der Waals surface area contributed by atoms with E-state index in [0.717, 1.165) is 6.54 Å². The molecule has 0 aliphatic heterocycles. The lowest BCUT2D eigenvalue weighted by Gasteiger charge is -2.05. The minimum atomic E-state index is 1.16. The van der Waals surface area contributed by atoms with E-state index in [1.165, 1.54) is 48.6 Å². The predicted molar refractivity (Wildman–Crippen MR) is 75.4 cm³/mol. The zero-order valence-corrected chi connectivity index (χ0v) is 11.1. The molecule has 2 rings (SSSR count). The van der Waals surface area contributed by atoms with Gasteiger partial charge >= 0.3 is 0 Å². The highest BCUT2D eigenvalue weighted by molar-refractivity contribution is 5.83. The van der Waals surface area contributed by atoms with E-state index in [9.17, 15) is 0 Å². The second kappa shape index (κ2) is 5.90. The third-order valence-corrected chi connectivity index (χ3v) is 3.53. The molecule has 0 aliphatic carbocycles. The molecule has 2 aromatic rings. The Morgan fingerprint density at radius 2 is 1.82 bits per heavy atom. The Morgan fingerprint density at radius 1 is 1.00 bits per heavy atom. The standard InChI is InChI=1S/C16H23N/c1-3-4-5-6-7-12-17-13-11-15-14(2)9-8-10-16(15)17/h8-11,13H,3-7,12H2,1-2H3. The molecule has 0 spiro atoms. The topological polar surface area (TPSA) is 4.93 Å². The van der Waals surface area contributed by atoms with Crippen molar-refractivity contribution in [2.45, 2.75) is 52.5 Å². The van der Waals surface area contributed by atoms with E-state index in [2.05, 4.69) is 48.9 Å². The normalized spacial score (nSPS) is 11.2. The summed E-state index contributed by atoms with van der Waals surface area (Å²) in [7, 11) is 0. The van der Waals surface area contributed by atoms with E-state index < -0.39 is 0 Å². The van der Waals surface area contributed by atoms with Crippen molar-refractivity contribution in [1.29, 1.82) is 0 Å². The molecule has 1 heteroatoms. The summed E-state index contributed by atoms with van der Waals surface area (Å²) in [6.45, 7) is 5.62. The van der Waals surface area contributed by atoms with Crippen molar-refractivity contribution >= 4 is 10.9 Å². The first-order chi connectivity index (χ1) is 8.33. The highest BCUT2D eigenvalue weighted by Crippen LogP contribution is 2.20. The average Bonchev–Trinajstić information content (AvgIpc) is 2.74. The highest BCUT2D eigenvalue weighted by Gasteiger charge is 2.02. The summed E-state index contributed by atoms with van der Waals surface area (Å²) in [5.74, 6) is 0. The van der Waals surface area contributed by atoms with Crippen LogP contribution in [-0.2, 0) is 6.54 Å². The Kier molecular flexibility index (Phi) is 4.24. The van der Waals surface area contributed by atoms with E-state index >= 15 is 0 Å². The summed E-state index contributed by atoms with van der Waals surface area (Å²) in [6, 6.07) is 8.82. The van der Waals surface area contributed by atoms with Crippen LogP contribution in [0.3, 0.4) is 0 Å². The fourth-order valence-electron chi connectivity index (χ4n) is 2.46. The molecule has 1 nitrogen and oxygen atoms in total. The van der Waals surface area contributed by atoms with Crippen LogP contribution >= 0.6 is 0 Å². The van der Waals surface area contributed by atoms with E-state index in [1.807, 2.05) is 0 Å². The zero-order valence-electron chi connectivity index (χ0n) is 11.1. The van der Waals surface area contributed by atoms with Crippen LogP contribution in [0.2, 0.25) is 0 Å². The zero-order chi connectivity index (χ0) is 12.1. The van der Waals surface area contributed by atoms with Crippen LogP contribution in [0.5, 0.6) is 0 Å². The van der Waals surface area contributed by atoms with E-state index in [1.54, 1.807) is 0 Å². The summed E-state index contributed by atoms with van der Waals surface area (Å²) in [4.78, 5) is 0. The van der Waals surface area contributed by atoms with Gasteiger partial charge in [-0.3, -0.25) is 0 Å². The number of hydrogen-bond donors (Lipinski definition) is 0. The van der Waals surface area contributed by atoms with Crippen LogP contribution in [0.4, 0.5) is 0 Å². The maximum Gasteiger partial charge on any atom is 0.0482 e. The van der Waals surface area contributed by atoms with E-state index in [0.29, 0.717) is 0 Å². The SMILES string of the molecule is CCCCCCCn1ccc2c(C)cccc21. The van der Waals surface area contributed by atoms with Gasteiger partial charge in [-0.25, -0.2) is 0 Å². The molecule has 1 aromatic heterocycles. The molecule has 0 radical (unpaired) electrons. The summed E-state index contributed by atoms with van der Waals surface area (Å²) < 4.78 is 2.40. The van der Waals surface area contributed by atoms with Gasteiger partial charge in [0.05, 0.1) is 0 Å². The number of rotatable bonds is 6. The lowest BCUT2D eigenvalue weighted by molar-refractivity contribution is 0.577. The van der Waals surface area contributed by atoms with Crippen molar-refractivity contribution in [2.75, 3.05) is 0 Å². The molecular formula is C16H23N. The Hall–Kier alpha value is -1.24. The molecule has 0 bridgehead atoms. The first-order valence-electron chi connectivity index (χ1n) is 6.87. The smallest absolute Gasteiger partial charge is 0.0482 e. The third-order valence-electron chi connectivity index (χ3n) is 3.53. The second-order valence-electron chi connectivity index (χ2n) is 4.93. The van der Waals surface area contributed by atoms with Gasteiger partial charge < -0.3 is 4.57 Å². The minimum absolute atomic E-state index is 1.16. The predicted octanol–water partition coefficient (Wildman–Crippen LogP) is 4.92. The number of unbranched alkanes of at least 4 members (excludes halogenated alkanes) is 4. The maximum absolute atomic E-state index is 2.40. The monoisotopic (exact) mass is 229 g/mol. The minimum Gasteiger partial charge on any atom is -0.347 e. The van der Waals surface area contributed by atoms with Crippen molar-refractivity contribution < 1.29 is 0 Å². The van der Waals surface area contributed by atoms with Crippen molar-refractivity contribution in [3.8, 4) is 0 Å². The van der Waals surface area contributed by atoms with Crippen molar-refractivity contribution in [2.24, 2.45) is 0 Å². The summed E-state index contributed by atoms with van der Waals surface area (Å²) in [5, 5.41) is 1.40. The van der Waals surface area contributed by atoms with Gasteiger partial charge in [-0.15, -0.1) is 0 Å². The molecule has 0 amide bonds. The summed E-state index contributed by atoms with van der Waals surface area (Å²) in [6.07, 6.45) is 8.99. The first-order valence-corrected chi connectivity index (χ1v) is 6.87. The van der Waals surface area contributed by atoms with Gasteiger partial charge in [0.15, 0.2) is 0 Å². The van der Waals surface area contributed by atoms with Crippen LogP contribution in [-0.4, -0.2) is 4.57 Å². The van der Waals surface area contributed by atoms with Gasteiger partial charge in [0.1, 0.15) is 0 Å². The van der Waals surface area contributed by atoms with E-state index in [4.69, 9.17) is 0 Å². The molecule has 0 saturated carbocycles. The molecule has 1 heterocycles. The average molecular weight is 229 g/mol. The van der Waals surface area contributed by atoms with Crippen LogP contribution in [0.15, 0.2) is 30.5 Å². The lowest BCUT2D eigenvalue weighted by atomic mass is 10.1. The number of nitrogens with zero attached hydrogens (tertiary/aromatic N) is 1. The van der Waals surface area contributed by atoms with Crippen LogP contribution < -0.4 is 0 Å². The molecule has 0 N–H and O–H groups in total. The number of benzene rings is 1. The first kappa shape index (κ1) is 12.2. The van der Waals surface area contributed by atoms with Gasteiger partial charge in [-0.1, -0.05) is 44.7 Å². The Bertz CT molecular complexity index is 467. The van der Waals surface area contributed by atoms with E-state index in [-0.39, 0.29) is 0 Å². The molecule has 92 valence electrons. The molecule has 0 fully saturated rings. The molecule has 0 aliphatic rings. The fourth-order valence-corrected chi connectivity index (χ4v) is 2.46. The van der Waals surface area contributed by atoms with Crippen molar-refractivity contribution in [3.63, 3.8) is 0 Å². The number of hydrogen-bond acceptors (Lipinski definition) is 0. The van der Waals surface area contributed by atoms with Crippen LogP contribution in [0, 0.1) is 6.92 Å². The lowest BCUT2D eigenvalue weighted by Crippen LogP contribution is -1.95. The van der Waals surface area contributed by atoms with Crippen molar-refractivity contribution in [1.82, 2.24) is 4.57 Å². The Balaban J connectivity index is 1.97. The van der Waals surface area contributed by atoms with Gasteiger partial charge in [-0.2, -0.15) is 0 Å². The molecule has 1 aromatic carbocycles. The Morgan fingerprint density at radius 3 is 2.65 bits per heavy atom. The number of fused-ring (bicyclic) bond motifs is 1. The Labute approximate surface area is 104 Å². The quantitative estimate of drug-likeness (QED) is 0.620.